The Morgan fingerprint density at radius 1 is 1.24 bits per heavy atom. The highest BCUT2D eigenvalue weighted by Crippen LogP contribution is 2.07. The summed E-state index contributed by atoms with van der Waals surface area (Å²) < 4.78 is 1.84. The quantitative estimate of drug-likeness (QED) is 0.817. The predicted molar refractivity (Wildman–Crippen MR) is 74.2 cm³/mol. The van der Waals surface area contributed by atoms with E-state index in [0.29, 0.717) is 5.11 Å². The summed E-state index contributed by atoms with van der Waals surface area (Å²) in [4.78, 5) is 0. The molecule has 1 aromatic carbocycles. The van der Waals surface area contributed by atoms with Crippen molar-refractivity contribution in [2.45, 2.75) is 13.5 Å². The summed E-state index contributed by atoms with van der Waals surface area (Å²) in [6.07, 6.45) is 1.91. The van der Waals surface area contributed by atoms with Gasteiger partial charge in [0, 0.05) is 24.5 Å². The molecule has 0 atom stereocenters. The lowest BCUT2D eigenvalue weighted by Crippen LogP contribution is -2.19. The summed E-state index contributed by atoms with van der Waals surface area (Å²) in [7, 11) is 0. The molecule has 0 radical (unpaired) electrons. The summed E-state index contributed by atoms with van der Waals surface area (Å²) >= 11 is 5.19. The summed E-state index contributed by atoms with van der Waals surface area (Å²) in [6, 6.07) is 11.7. The molecule has 0 bridgehead atoms. The first kappa shape index (κ1) is 11.6. The van der Waals surface area contributed by atoms with Gasteiger partial charge in [0.25, 0.3) is 0 Å². The molecule has 0 aliphatic heterocycles. The number of thiocarbonyl (C=S) groups is 1. The van der Waals surface area contributed by atoms with Gasteiger partial charge in [0.15, 0.2) is 10.9 Å². The maximum absolute atomic E-state index is 5.19. The first-order valence-electron chi connectivity index (χ1n) is 5.44. The van der Waals surface area contributed by atoms with E-state index in [-0.39, 0.29) is 0 Å². The Hall–Kier alpha value is -1.88. The van der Waals surface area contributed by atoms with Crippen molar-refractivity contribution in [3.63, 3.8) is 0 Å². The van der Waals surface area contributed by atoms with Crippen LogP contribution < -0.4 is 10.6 Å². The fourth-order valence-corrected chi connectivity index (χ4v) is 1.63. The summed E-state index contributed by atoms with van der Waals surface area (Å²) in [6.45, 7) is 2.89. The Labute approximate surface area is 106 Å². The van der Waals surface area contributed by atoms with Crippen LogP contribution in [0, 0.1) is 0 Å². The van der Waals surface area contributed by atoms with Crippen molar-refractivity contribution < 1.29 is 0 Å². The zero-order chi connectivity index (χ0) is 12.1. The molecule has 4 nitrogen and oxygen atoms in total. The highest BCUT2D eigenvalue weighted by atomic mass is 32.1. The zero-order valence-corrected chi connectivity index (χ0v) is 10.4. The van der Waals surface area contributed by atoms with Gasteiger partial charge in [-0.3, -0.25) is 4.68 Å². The minimum Gasteiger partial charge on any atom is -0.332 e. The van der Waals surface area contributed by atoms with Crippen molar-refractivity contribution in [3.8, 4) is 0 Å². The molecule has 1 heterocycles. The monoisotopic (exact) mass is 246 g/mol. The van der Waals surface area contributed by atoms with E-state index in [2.05, 4.69) is 15.7 Å². The molecule has 88 valence electrons. The molecule has 0 fully saturated rings. The molecule has 17 heavy (non-hydrogen) atoms. The number of benzene rings is 1. The Bertz CT molecular complexity index is 492. The van der Waals surface area contributed by atoms with Crippen LogP contribution in [0.2, 0.25) is 0 Å². The number of rotatable bonds is 3. The zero-order valence-electron chi connectivity index (χ0n) is 9.55. The Morgan fingerprint density at radius 2 is 2.00 bits per heavy atom. The van der Waals surface area contributed by atoms with E-state index in [0.717, 1.165) is 18.1 Å². The molecule has 0 saturated heterocycles. The third kappa shape index (κ3) is 3.29. The summed E-state index contributed by atoms with van der Waals surface area (Å²) in [5.41, 5.74) is 0.958. The maximum atomic E-state index is 5.19. The highest BCUT2D eigenvalue weighted by Gasteiger charge is 2.00. The Morgan fingerprint density at radius 3 is 2.65 bits per heavy atom. The van der Waals surface area contributed by atoms with Crippen molar-refractivity contribution >= 4 is 28.8 Å². The van der Waals surface area contributed by atoms with E-state index < -0.39 is 0 Å². The lowest BCUT2D eigenvalue weighted by Gasteiger charge is -2.07. The molecular weight excluding hydrogens is 232 g/mol. The Kier molecular flexibility index (Phi) is 3.72. The number of nitrogens with one attached hydrogen (secondary N) is 2. The number of aryl methyl sites for hydroxylation is 1. The van der Waals surface area contributed by atoms with Crippen molar-refractivity contribution in [1.82, 2.24) is 9.78 Å². The van der Waals surface area contributed by atoms with Gasteiger partial charge >= 0.3 is 0 Å². The molecule has 2 rings (SSSR count). The predicted octanol–water partition coefficient (Wildman–Crippen LogP) is 2.71. The van der Waals surface area contributed by atoms with Crippen LogP contribution >= 0.6 is 12.2 Å². The first-order valence-corrected chi connectivity index (χ1v) is 5.85. The van der Waals surface area contributed by atoms with Crippen LogP contribution in [0.25, 0.3) is 0 Å². The van der Waals surface area contributed by atoms with Gasteiger partial charge in [0.2, 0.25) is 0 Å². The fourth-order valence-electron chi connectivity index (χ4n) is 1.40. The number of aromatic nitrogens is 2. The van der Waals surface area contributed by atoms with Gasteiger partial charge in [-0.25, -0.2) is 0 Å². The number of hydrogen-bond donors (Lipinski definition) is 2. The van der Waals surface area contributed by atoms with E-state index in [1.165, 1.54) is 0 Å². The molecule has 1 aromatic heterocycles. The third-order valence-corrected chi connectivity index (χ3v) is 2.44. The van der Waals surface area contributed by atoms with Crippen LogP contribution in [-0.4, -0.2) is 14.9 Å². The van der Waals surface area contributed by atoms with E-state index in [1.807, 2.05) is 54.2 Å². The van der Waals surface area contributed by atoms with Crippen LogP contribution in [0.1, 0.15) is 6.92 Å². The van der Waals surface area contributed by atoms with Gasteiger partial charge in [-0.1, -0.05) is 18.2 Å². The topological polar surface area (TPSA) is 41.9 Å². The molecule has 0 aliphatic rings. The molecule has 0 aliphatic carbocycles. The number of hydrogen-bond acceptors (Lipinski definition) is 2. The minimum atomic E-state index is 0.539. The van der Waals surface area contributed by atoms with Gasteiger partial charge in [-0.15, -0.1) is 0 Å². The molecule has 0 saturated carbocycles. The second-order valence-corrected chi connectivity index (χ2v) is 3.91. The standard InChI is InChI=1S/C12H14N4S/c1-2-16-9-8-11(15-16)14-12(17)13-10-6-4-3-5-7-10/h3-9H,2H2,1H3,(H2,13,14,15,17). The van der Waals surface area contributed by atoms with E-state index in [9.17, 15) is 0 Å². The second-order valence-electron chi connectivity index (χ2n) is 3.50. The molecule has 2 N–H and O–H groups in total. The minimum absolute atomic E-state index is 0.539. The van der Waals surface area contributed by atoms with Crippen LogP contribution in [0.4, 0.5) is 11.5 Å². The molecule has 0 amide bonds. The first-order chi connectivity index (χ1) is 8.28. The smallest absolute Gasteiger partial charge is 0.176 e. The Balaban J connectivity index is 1.93. The molecule has 2 aromatic rings. The fraction of sp³-hybridized carbons (Fsp3) is 0.167. The largest absolute Gasteiger partial charge is 0.332 e. The molecule has 0 unspecified atom stereocenters. The summed E-state index contributed by atoms with van der Waals surface area (Å²) in [5.74, 6) is 0.750. The van der Waals surface area contributed by atoms with Gasteiger partial charge in [0.05, 0.1) is 0 Å². The van der Waals surface area contributed by atoms with Crippen LogP contribution in [0.3, 0.4) is 0 Å². The number of anilines is 2. The van der Waals surface area contributed by atoms with Crippen molar-refractivity contribution in [2.24, 2.45) is 0 Å². The second kappa shape index (κ2) is 5.45. The van der Waals surface area contributed by atoms with Gasteiger partial charge in [-0.2, -0.15) is 5.10 Å². The molecule has 0 spiro atoms. The van der Waals surface area contributed by atoms with E-state index >= 15 is 0 Å². The van der Waals surface area contributed by atoms with Gasteiger partial charge < -0.3 is 10.6 Å². The van der Waals surface area contributed by atoms with Gasteiger partial charge in [-0.05, 0) is 31.3 Å². The number of nitrogens with zero attached hydrogens (tertiary/aromatic N) is 2. The average Bonchev–Trinajstić information content (AvgIpc) is 2.78. The lowest BCUT2D eigenvalue weighted by atomic mass is 10.3. The van der Waals surface area contributed by atoms with Crippen molar-refractivity contribution in [1.29, 1.82) is 0 Å². The van der Waals surface area contributed by atoms with Gasteiger partial charge in [0.1, 0.15) is 0 Å². The lowest BCUT2D eigenvalue weighted by molar-refractivity contribution is 0.662. The highest BCUT2D eigenvalue weighted by molar-refractivity contribution is 7.80. The van der Waals surface area contributed by atoms with Crippen LogP contribution in [-0.2, 0) is 6.54 Å². The SMILES string of the molecule is CCn1ccc(NC(=S)Nc2ccccc2)n1. The summed E-state index contributed by atoms with van der Waals surface area (Å²) in [5, 5.41) is 11.0. The van der Waals surface area contributed by atoms with Crippen LogP contribution in [0.5, 0.6) is 0 Å². The van der Waals surface area contributed by atoms with Crippen molar-refractivity contribution in [3.05, 3.63) is 42.6 Å². The van der Waals surface area contributed by atoms with Crippen LogP contribution in [0.15, 0.2) is 42.6 Å². The van der Waals surface area contributed by atoms with E-state index in [4.69, 9.17) is 12.2 Å². The van der Waals surface area contributed by atoms with Crippen molar-refractivity contribution in [2.75, 3.05) is 10.6 Å². The average molecular weight is 246 g/mol. The normalized spacial score (nSPS) is 9.94. The maximum Gasteiger partial charge on any atom is 0.176 e. The van der Waals surface area contributed by atoms with E-state index in [1.54, 1.807) is 0 Å². The molecule has 5 heteroatoms. The third-order valence-electron chi connectivity index (χ3n) is 2.24. The molecular formula is C12H14N4S. The number of para-hydroxylation sites is 1.